The van der Waals surface area contributed by atoms with E-state index in [2.05, 4.69) is 10.6 Å². The van der Waals surface area contributed by atoms with Crippen LogP contribution in [0.2, 0.25) is 5.02 Å². The van der Waals surface area contributed by atoms with Gasteiger partial charge in [0.05, 0.1) is 16.2 Å². The Morgan fingerprint density at radius 1 is 1.27 bits per heavy atom. The van der Waals surface area contributed by atoms with Gasteiger partial charge in [-0.3, -0.25) is 9.59 Å². The number of halogens is 2. The minimum atomic E-state index is -1.10. The number of rotatable bonds is 4. The molecular weight excluding hydrogens is 359 g/mol. The lowest BCUT2D eigenvalue weighted by atomic mass is 9.91. The fraction of sp³-hybridized carbons (Fsp3) is 0.158. The van der Waals surface area contributed by atoms with Crippen LogP contribution in [0.1, 0.15) is 12.5 Å². The van der Waals surface area contributed by atoms with Gasteiger partial charge in [0.1, 0.15) is 17.1 Å². The topological polar surface area (TPSA) is 78.4 Å². The van der Waals surface area contributed by atoms with Crippen LogP contribution in [0.4, 0.5) is 10.1 Å². The van der Waals surface area contributed by atoms with E-state index in [9.17, 15) is 19.1 Å². The van der Waals surface area contributed by atoms with Crippen LogP contribution in [0.15, 0.2) is 59.9 Å². The van der Waals surface area contributed by atoms with Crippen LogP contribution in [-0.4, -0.2) is 22.5 Å². The highest BCUT2D eigenvalue weighted by atomic mass is 35.5. The fourth-order valence-corrected chi connectivity index (χ4v) is 3.09. The van der Waals surface area contributed by atoms with Gasteiger partial charge >= 0.3 is 0 Å². The Morgan fingerprint density at radius 2 is 1.96 bits per heavy atom. The van der Waals surface area contributed by atoms with Crippen molar-refractivity contribution in [3.8, 4) is 0 Å². The smallest absolute Gasteiger partial charge is 0.264 e. The first-order valence-corrected chi connectivity index (χ1v) is 8.24. The van der Waals surface area contributed by atoms with E-state index >= 15 is 0 Å². The number of aliphatic hydroxyl groups is 1. The third-order valence-electron chi connectivity index (χ3n) is 4.18. The summed E-state index contributed by atoms with van der Waals surface area (Å²) in [6.45, 7) is 1.64. The molecule has 0 aliphatic carbocycles. The van der Waals surface area contributed by atoms with Crippen LogP contribution in [0.3, 0.4) is 0 Å². The average molecular weight is 375 g/mol. The van der Waals surface area contributed by atoms with E-state index in [4.69, 9.17) is 11.6 Å². The maximum absolute atomic E-state index is 13.1. The van der Waals surface area contributed by atoms with Crippen molar-refractivity contribution in [2.75, 3.05) is 5.32 Å². The van der Waals surface area contributed by atoms with Gasteiger partial charge in [0.15, 0.2) is 0 Å². The van der Waals surface area contributed by atoms with Gasteiger partial charge in [-0.15, -0.1) is 0 Å². The molecule has 0 bridgehead atoms. The van der Waals surface area contributed by atoms with Gasteiger partial charge in [0, 0.05) is 6.42 Å². The first-order chi connectivity index (χ1) is 12.3. The summed E-state index contributed by atoms with van der Waals surface area (Å²) in [6.07, 6.45) is 0.319. The third-order valence-corrected chi connectivity index (χ3v) is 4.50. The first kappa shape index (κ1) is 17.9. The highest BCUT2D eigenvalue weighted by Gasteiger charge is 2.44. The minimum Gasteiger partial charge on any atom is -0.509 e. The van der Waals surface area contributed by atoms with Crippen molar-refractivity contribution in [2.24, 2.45) is 0 Å². The van der Waals surface area contributed by atoms with E-state index in [0.29, 0.717) is 6.42 Å². The van der Waals surface area contributed by atoms with E-state index in [1.165, 1.54) is 6.07 Å². The summed E-state index contributed by atoms with van der Waals surface area (Å²) < 4.78 is 13.1. The van der Waals surface area contributed by atoms with Crippen molar-refractivity contribution in [2.45, 2.75) is 18.9 Å². The van der Waals surface area contributed by atoms with Crippen LogP contribution in [-0.2, 0) is 16.0 Å². The summed E-state index contributed by atoms with van der Waals surface area (Å²) in [5.74, 6) is -2.40. The second-order valence-electron chi connectivity index (χ2n) is 6.25. The largest absolute Gasteiger partial charge is 0.509 e. The Labute approximate surface area is 154 Å². The summed E-state index contributed by atoms with van der Waals surface area (Å²) in [7, 11) is 0. The van der Waals surface area contributed by atoms with E-state index in [0.717, 1.165) is 17.7 Å². The zero-order chi connectivity index (χ0) is 18.9. The van der Waals surface area contributed by atoms with Crippen LogP contribution < -0.4 is 10.6 Å². The molecule has 0 saturated carbocycles. The number of hydrogen-bond donors (Lipinski definition) is 3. The quantitative estimate of drug-likeness (QED) is 0.718. The Bertz CT molecular complexity index is 914. The molecule has 0 radical (unpaired) electrons. The summed E-state index contributed by atoms with van der Waals surface area (Å²) in [5, 5.41) is 15.6. The Hall–Kier alpha value is -2.86. The molecule has 1 unspecified atom stereocenters. The number of hydrogen-bond acceptors (Lipinski definition) is 3. The third kappa shape index (κ3) is 3.41. The van der Waals surface area contributed by atoms with Gasteiger partial charge in [-0.25, -0.2) is 4.39 Å². The molecule has 1 aliphatic rings. The molecule has 26 heavy (non-hydrogen) atoms. The number of amides is 2. The van der Waals surface area contributed by atoms with Gasteiger partial charge in [-0.1, -0.05) is 41.9 Å². The second kappa shape index (κ2) is 6.80. The molecule has 3 rings (SSSR count). The SMILES string of the molecule is CC1(Cc2ccccc2)NC(=O)C(C(=O)Nc2ccc(F)cc2Cl)=C1O. The molecule has 1 atom stereocenters. The molecule has 2 aromatic carbocycles. The van der Waals surface area contributed by atoms with Crippen molar-refractivity contribution in [1.29, 1.82) is 0 Å². The summed E-state index contributed by atoms with van der Waals surface area (Å²) in [5.41, 5.74) is -0.450. The van der Waals surface area contributed by atoms with Crippen LogP contribution in [0.5, 0.6) is 0 Å². The molecular formula is C19H16ClFN2O3. The van der Waals surface area contributed by atoms with Crippen molar-refractivity contribution in [3.63, 3.8) is 0 Å². The normalized spacial score (nSPS) is 19.4. The highest BCUT2D eigenvalue weighted by Crippen LogP contribution is 2.30. The van der Waals surface area contributed by atoms with E-state index in [-0.39, 0.29) is 22.0 Å². The highest BCUT2D eigenvalue weighted by molar-refractivity contribution is 6.34. The average Bonchev–Trinajstić information content (AvgIpc) is 2.80. The predicted octanol–water partition coefficient (Wildman–Crippen LogP) is 3.36. The lowest BCUT2D eigenvalue weighted by molar-refractivity contribution is -0.121. The number of benzene rings is 2. The van der Waals surface area contributed by atoms with Crippen molar-refractivity contribution >= 4 is 29.1 Å². The molecule has 7 heteroatoms. The molecule has 3 N–H and O–H groups in total. The van der Waals surface area contributed by atoms with Crippen molar-refractivity contribution in [3.05, 3.63) is 76.3 Å². The zero-order valence-electron chi connectivity index (χ0n) is 13.8. The first-order valence-electron chi connectivity index (χ1n) is 7.87. The number of anilines is 1. The number of nitrogens with one attached hydrogen (secondary N) is 2. The number of carbonyl (C=O) groups excluding carboxylic acids is 2. The molecule has 0 saturated heterocycles. The van der Waals surface area contributed by atoms with Gasteiger partial charge in [-0.2, -0.15) is 0 Å². The lowest BCUT2D eigenvalue weighted by Crippen LogP contribution is -2.43. The summed E-state index contributed by atoms with van der Waals surface area (Å²) in [4.78, 5) is 24.7. The van der Waals surface area contributed by atoms with Gasteiger partial charge in [0.2, 0.25) is 0 Å². The fourth-order valence-electron chi connectivity index (χ4n) is 2.87. The van der Waals surface area contributed by atoms with Crippen LogP contribution in [0, 0.1) is 5.82 Å². The molecule has 134 valence electrons. The Balaban J connectivity index is 1.86. The monoisotopic (exact) mass is 374 g/mol. The molecule has 2 aromatic rings. The van der Waals surface area contributed by atoms with Gasteiger partial charge in [-0.05, 0) is 30.7 Å². The van der Waals surface area contributed by atoms with Crippen LogP contribution in [0.25, 0.3) is 0 Å². The van der Waals surface area contributed by atoms with Crippen LogP contribution >= 0.6 is 11.6 Å². The molecule has 0 fully saturated rings. The second-order valence-corrected chi connectivity index (χ2v) is 6.66. The molecule has 1 aliphatic heterocycles. The molecule has 5 nitrogen and oxygen atoms in total. The predicted molar refractivity (Wildman–Crippen MR) is 96.4 cm³/mol. The minimum absolute atomic E-state index is 0.0103. The maximum atomic E-state index is 13.1. The molecule has 0 aromatic heterocycles. The standard InChI is InChI=1S/C19H16ClFN2O3/c1-19(10-11-5-3-2-4-6-11)16(24)15(18(26)23-19)17(25)22-14-8-7-12(21)9-13(14)20/h2-9,24H,10H2,1H3,(H,22,25)(H,23,26). The van der Waals surface area contributed by atoms with E-state index < -0.39 is 23.2 Å². The lowest BCUT2D eigenvalue weighted by Gasteiger charge is -2.24. The maximum Gasteiger partial charge on any atom is 0.264 e. The van der Waals surface area contributed by atoms with Crippen molar-refractivity contribution < 1.29 is 19.1 Å². The van der Waals surface area contributed by atoms with Gasteiger partial charge in [0.25, 0.3) is 11.8 Å². The number of aliphatic hydroxyl groups excluding tert-OH is 1. The number of carbonyl (C=O) groups is 2. The van der Waals surface area contributed by atoms with E-state index in [1.807, 2.05) is 30.3 Å². The summed E-state index contributed by atoms with van der Waals surface area (Å²) in [6, 6.07) is 12.7. The van der Waals surface area contributed by atoms with Gasteiger partial charge < -0.3 is 15.7 Å². The van der Waals surface area contributed by atoms with Crippen molar-refractivity contribution in [1.82, 2.24) is 5.32 Å². The van der Waals surface area contributed by atoms with E-state index in [1.54, 1.807) is 6.92 Å². The molecule has 1 heterocycles. The molecule has 2 amide bonds. The Morgan fingerprint density at radius 3 is 2.62 bits per heavy atom. The Kier molecular flexibility index (Phi) is 4.70. The summed E-state index contributed by atoms with van der Waals surface area (Å²) >= 11 is 5.88. The molecule has 0 spiro atoms. The zero-order valence-corrected chi connectivity index (χ0v) is 14.6.